The molecule has 2 aliphatic rings. The van der Waals surface area contributed by atoms with E-state index in [4.69, 9.17) is 33.7 Å². The number of hydrogen-bond acceptors (Lipinski definition) is 3. The summed E-state index contributed by atoms with van der Waals surface area (Å²) in [5.74, 6) is 1.04. The molecule has 0 radical (unpaired) electrons. The summed E-state index contributed by atoms with van der Waals surface area (Å²) >= 11 is 12.3. The monoisotopic (exact) mass is 348 g/mol. The number of halogens is 2. The number of nitrogens with one attached hydrogen (secondary N) is 1. The van der Waals surface area contributed by atoms with E-state index in [0.717, 1.165) is 30.5 Å². The van der Waals surface area contributed by atoms with Crippen LogP contribution in [0.2, 0.25) is 10.0 Å². The van der Waals surface area contributed by atoms with Crippen LogP contribution >= 0.6 is 23.2 Å². The molecule has 1 spiro atoms. The van der Waals surface area contributed by atoms with Gasteiger partial charge in [0.1, 0.15) is 5.75 Å². The van der Waals surface area contributed by atoms with Crippen LogP contribution < -0.4 is 15.8 Å². The molecule has 2 aromatic carbocycles. The quantitative estimate of drug-likeness (QED) is 0.770. The van der Waals surface area contributed by atoms with Crippen molar-refractivity contribution in [2.45, 2.75) is 24.7 Å². The van der Waals surface area contributed by atoms with E-state index in [1.165, 1.54) is 0 Å². The van der Waals surface area contributed by atoms with Crippen LogP contribution in [0.4, 0.5) is 11.4 Å². The van der Waals surface area contributed by atoms with Crippen LogP contribution in [-0.2, 0) is 10.2 Å². The molecule has 1 saturated carbocycles. The van der Waals surface area contributed by atoms with Gasteiger partial charge in [0.05, 0.1) is 15.5 Å². The number of fused-ring (bicyclic) bond motifs is 2. The zero-order chi connectivity index (χ0) is 16.2. The molecule has 1 heterocycles. The number of amides is 1. The normalized spacial score (nSPS) is 17.6. The minimum absolute atomic E-state index is 0.0828. The van der Waals surface area contributed by atoms with Gasteiger partial charge in [-0.15, -0.1) is 0 Å². The third-order valence-corrected chi connectivity index (χ3v) is 5.20. The number of nitrogens with two attached hydrogens (primary N) is 1. The first kappa shape index (κ1) is 14.7. The molecule has 3 N–H and O–H groups in total. The van der Waals surface area contributed by atoms with Gasteiger partial charge < -0.3 is 15.8 Å². The van der Waals surface area contributed by atoms with Crippen molar-refractivity contribution in [3.05, 3.63) is 45.9 Å². The molecule has 118 valence electrons. The van der Waals surface area contributed by atoms with Crippen LogP contribution in [-0.4, -0.2) is 5.91 Å². The first-order valence-electron chi connectivity index (χ1n) is 7.38. The molecule has 0 unspecified atom stereocenters. The van der Waals surface area contributed by atoms with Crippen LogP contribution in [0.5, 0.6) is 11.5 Å². The maximum Gasteiger partial charge on any atom is 0.235 e. The number of carbonyl (C=O) groups is 1. The second-order valence-corrected chi connectivity index (χ2v) is 6.83. The summed E-state index contributed by atoms with van der Waals surface area (Å²) in [4.78, 5) is 12.2. The molecule has 0 bridgehead atoms. The highest BCUT2D eigenvalue weighted by atomic mass is 35.5. The molecule has 1 amide bonds. The van der Waals surface area contributed by atoms with E-state index in [1.807, 2.05) is 12.1 Å². The minimum Gasteiger partial charge on any atom is -0.454 e. The first-order chi connectivity index (χ1) is 11.0. The highest BCUT2D eigenvalue weighted by Crippen LogP contribution is 2.52. The Morgan fingerprint density at radius 1 is 1.13 bits per heavy atom. The second-order valence-electron chi connectivity index (χ2n) is 6.01. The summed E-state index contributed by atoms with van der Waals surface area (Å²) in [5.41, 5.74) is 7.64. The van der Waals surface area contributed by atoms with Crippen molar-refractivity contribution in [1.82, 2.24) is 0 Å². The molecule has 1 aliphatic carbocycles. The van der Waals surface area contributed by atoms with E-state index in [1.54, 1.807) is 18.2 Å². The van der Waals surface area contributed by atoms with Crippen LogP contribution in [0, 0.1) is 0 Å². The molecule has 1 aliphatic heterocycles. The molecule has 4 nitrogen and oxygen atoms in total. The summed E-state index contributed by atoms with van der Waals surface area (Å²) in [6.45, 7) is 0. The van der Waals surface area contributed by atoms with Crippen molar-refractivity contribution < 1.29 is 9.53 Å². The summed E-state index contributed by atoms with van der Waals surface area (Å²) in [6.07, 6.45) is 2.81. The van der Waals surface area contributed by atoms with Crippen molar-refractivity contribution in [2.24, 2.45) is 0 Å². The molecule has 2 aromatic rings. The summed E-state index contributed by atoms with van der Waals surface area (Å²) in [6, 6.07) is 8.73. The molecule has 0 atom stereocenters. The fourth-order valence-corrected chi connectivity index (χ4v) is 3.86. The Labute approximate surface area is 143 Å². The smallest absolute Gasteiger partial charge is 0.235 e. The minimum atomic E-state index is -0.386. The fourth-order valence-electron chi connectivity index (χ4n) is 3.28. The molecule has 6 heteroatoms. The van der Waals surface area contributed by atoms with Crippen LogP contribution in [0.3, 0.4) is 0 Å². The Morgan fingerprint density at radius 3 is 2.43 bits per heavy atom. The maximum atomic E-state index is 12.2. The summed E-state index contributed by atoms with van der Waals surface area (Å²) in [5, 5.41) is 3.65. The largest absolute Gasteiger partial charge is 0.454 e. The fraction of sp³-hybridized carbons (Fsp3) is 0.235. The first-order valence-corrected chi connectivity index (χ1v) is 8.13. The Hall–Kier alpha value is -1.91. The number of nitrogen functional groups attached to an aromatic ring is 1. The van der Waals surface area contributed by atoms with Crippen molar-refractivity contribution in [1.29, 1.82) is 0 Å². The van der Waals surface area contributed by atoms with Crippen molar-refractivity contribution in [3.8, 4) is 11.5 Å². The van der Waals surface area contributed by atoms with Gasteiger partial charge in [-0.2, -0.15) is 0 Å². The predicted octanol–water partition coefficient (Wildman–Crippen LogP) is 4.74. The van der Waals surface area contributed by atoms with Crippen molar-refractivity contribution >= 4 is 40.5 Å². The Kier molecular flexibility index (Phi) is 3.22. The molecular weight excluding hydrogens is 335 g/mol. The van der Waals surface area contributed by atoms with Gasteiger partial charge in [0.2, 0.25) is 5.91 Å². The van der Waals surface area contributed by atoms with Crippen molar-refractivity contribution in [2.75, 3.05) is 11.1 Å². The van der Waals surface area contributed by atoms with Crippen LogP contribution in [0.1, 0.15) is 24.8 Å². The Morgan fingerprint density at radius 2 is 1.83 bits per heavy atom. The van der Waals surface area contributed by atoms with E-state index < -0.39 is 0 Å². The highest BCUT2D eigenvalue weighted by Gasteiger charge is 2.51. The van der Waals surface area contributed by atoms with Gasteiger partial charge in [-0.25, -0.2) is 0 Å². The molecular formula is C17H14Cl2N2O2. The lowest BCUT2D eigenvalue weighted by Gasteiger charge is -2.36. The average Bonchev–Trinajstić information content (AvgIpc) is 2.73. The van der Waals surface area contributed by atoms with Crippen LogP contribution in [0.25, 0.3) is 0 Å². The Bertz CT molecular complexity index is 808. The third-order valence-electron chi connectivity index (χ3n) is 4.64. The highest BCUT2D eigenvalue weighted by molar-refractivity contribution is 6.37. The number of benzene rings is 2. The standard InChI is InChI=1S/C17H14Cl2N2O2/c18-12-6-9(20)7-13(19)15(12)23-10-2-3-14-11(8-10)17(4-1-5-17)16(22)21-14/h2-3,6-8H,1,4-5,20H2,(H,21,22). The van der Waals surface area contributed by atoms with E-state index in [0.29, 0.717) is 27.2 Å². The summed E-state index contributed by atoms with van der Waals surface area (Å²) in [7, 11) is 0. The average molecular weight is 349 g/mol. The van der Waals surface area contributed by atoms with Crippen LogP contribution in [0.15, 0.2) is 30.3 Å². The zero-order valence-electron chi connectivity index (χ0n) is 12.2. The summed E-state index contributed by atoms with van der Waals surface area (Å²) < 4.78 is 5.86. The molecule has 4 rings (SSSR count). The number of hydrogen-bond donors (Lipinski definition) is 2. The molecule has 1 fully saturated rings. The lowest BCUT2D eigenvalue weighted by molar-refractivity contribution is -0.123. The number of carbonyl (C=O) groups excluding carboxylic acids is 1. The molecule has 23 heavy (non-hydrogen) atoms. The van der Waals surface area contributed by atoms with Gasteiger partial charge in [-0.05, 0) is 48.7 Å². The lowest BCUT2D eigenvalue weighted by Crippen LogP contribution is -2.40. The molecule has 0 saturated heterocycles. The number of anilines is 2. The van der Waals surface area contributed by atoms with Gasteiger partial charge in [-0.3, -0.25) is 4.79 Å². The second kappa shape index (κ2) is 5.05. The third kappa shape index (κ3) is 2.17. The number of ether oxygens (including phenoxy) is 1. The predicted molar refractivity (Wildman–Crippen MR) is 91.5 cm³/mol. The Balaban J connectivity index is 1.72. The van der Waals surface area contributed by atoms with E-state index in [9.17, 15) is 4.79 Å². The number of rotatable bonds is 2. The zero-order valence-corrected chi connectivity index (χ0v) is 13.7. The van der Waals surface area contributed by atoms with Gasteiger partial charge in [0.25, 0.3) is 0 Å². The van der Waals surface area contributed by atoms with Crippen molar-refractivity contribution in [3.63, 3.8) is 0 Å². The topological polar surface area (TPSA) is 64.3 Å². The van der Waals surface area contributed by atoms with E-state index in [2.05, 4.69) is 5.32 Å². The van der Waals surface area contributed by atoms with E-state index >= 15 is 0 Å². The van der Waals surface area contributed by atoms with Gasteiger partial charge in [0.15, 0.2) is 5.75 Å². The van der Waals surface area contributed by atoms with E-state index in [-0.39, 0.29) is 11.3 Å². The van der Waals surface area contributed by atoms with Gasteiger partial charge >= 0.3 is 0 Å². The van der Waals surface area contributed by atoms with Gasteiger partial charge in [0, 0.05) is 11.4 Å². The SMILES string of the molecule is Nc1cc(Cl)c(Oc2ccc3c(c2)C2(CCC2)C(=O)N3)c(Cl)c1. The van der Waals surface area contributed by atoms with Gasteiger partial charge in [-0.1, -0.05) is 29.6 Å². The molecule has 0 aromatic heterocycles. The maximum absolute atomic E-state index is 12.2. The lowest BCUT2D eigenvalue weighted by atomic mass is 9.65.